The van der Waals surface area contributed by atoms with E-state index in [9.17, 15) is 4.79 Å². The SMILES string of the molecule is COc1ccc2nc(NC(=O)CCOCC(C)C)sc2c1. The standard InChI is InChI=1S/C15H20N2O3S/c1-10(2)9-20-7-6-14(18)17-15-16-12-5-4-11(19-3)8-13(12)21-15/h4-5,8,10H,6-7,9H2,1-3H3,(H,16,17,18). The molecule has 0 aliphatic heterocycles. The van der Waals surface area contributed by atoms with Crippen LogP contribution in [0.4, 0.5) is 5.13 Å². The molecule has 0 radical (unpaired) electrons. The van der Waals surface area contributed by atoms with Gasteiger partial charge in [0.1, 0.15) is 5.75 Å². The lowest BCUT2D eigenvalue weighted by Gasteiger charge is -2.06. The Balaban J connectivity index is 1.89. The zero-order valence-electron chi connectivity index (χ0n) is 12.5. The number of thiazole rings is 1. The molecular formula is C15H20N2O3S. The average molecular weight is 308 g/mol. The van der Waals surface area contributed by atoms with Gasteiger partial charge in [-0.05, 0) is 24.1 Å². The number of benzene rings is 1. The summed E-state index contributed by atoms with van der Waals surface area (Å²) >= 11 is 1.44. The van der Waals surface area contributed by atoms with Gasteiger partial charge >= 0.3 is 0 Å². The van der Waals surface area contributed by atoms with E-state index in [1.165, 1.54) is 11.3 Å². The first-order valence-electron chi connectivity index (χ1n) is 6.90. The predicted molar refractivity (Wildman–Crippen MR) is 85.1 cm³/mol. The van der Waals surface area contributed by atoms with Crippen LogP contribution in [0.15, 0.2) is 18.2 Å². The molecule has 5 nitrogen and oxygen atoms in total. The molecule has 0 aliphatic carbocycles. The van der Waals surface area contributed by atoms with Crippen molar-refractivity contribution >= 4 is 32.6 Å². The van der Waals surface area contributed by atoms with Crippen LogP contribution < -0.4 is 10.1 Å². The first kappa shape index (κ1) is 15.7. The Labute approximate surface area is 128 Å². The molecule has 1 N–H and O–H groups in total. The molecule has 1 aromatic carbocycles. The molecule has 1 amide bonds. The van der Waals surface area contributed by atoms with Crippen LogP contribution in [0.5, 0.6) is 5.75 Å². The smallest absolute Gasteiger partial charge is 0.228 e. The van der Waals surface area contributed by atoms with Crippen molar-refractivity contribution < 1.29 is 14.3 Å². The summed E-state index contributed by atoms with van der Waals surface area (Å²) in [6.07, 6.45) is 0.339. The largest absolute Gasteiger partial charge is 0.497 e. The summed E-state index contributed by atoms with van der Waals surface area (Å²) in [4.78, 5) is 16.2. The second-order valence-corrected chi connectivity index (χ2v) is 6.15. The monoisotopic (exact) mass is 308 g/mol. The Morgan fingerprint density at radius 3 is 2.95 bits per heavy atom. The Hall–Kier alpha value is -1.66. The predicted octanol–water partition coefficient (Wildman–Crippen LogP) is 3.31. The fourth-order valence-electron chi connectivity index (χ4n) is 1.75. The van der Waals surface area contributed by atoms with Crippen molar-refractivity contribution in [2.45, 2.75) is 20.3 Å². The number of amides is 1. The van der Waals surface area contributed by atoms with Crippen LogP contribution in [0.2, 0.25) is 0 Å². The number of nitrogens with one attached hydrogen (secondary N) is 1. The van der Waals surface area contributed by atoms with Gasteiger partial charge in [-0.25, -0.2) is 4.98 Å². The van der Waals surface area contributed by atoms with Crippen LogP contribution in [0.3, 0.4) is 0 Å². The van der Waals surface area contributed by atoms with Crippen LogP contribution in [0.25, 0.3) is 10.2 Å². The topological polar surface area (TPSA) is 60.5 Å². The number of rotatable bonds is 7. The van der Waals surface area contributed by atoms with Crippen molar-refractivity contribution in [3.63, 3.8) is 0 Å². The van der Waals surface area contributed by atoms with Gasteiger partial charge in [-0.15, -0.1) is 0 Å². The number of nitrogens with zero attached hydrogens (tertiary/aromatic N) is 1. The Morgan fingerprint density at radius 1 is 1.43 bits per heavy atom. The Morgan fingerprint density at radius 2 is 2.24 bits per heavy atom. The molecule has 1 aromatic heterocycles. The van der Waals surface area contributed by atoms with Crippen molar-refractivity contribution in [1.82, 2.24) is 4.98 Å². The number of aromatic nitrogens is 1. The molecule has 0 saturated carbocycles. The van der Waals surface area contributed by atoms with E-state index in [0.717, 1.165) is 16.0 Å². The minimum absolute atomic E-state index is 0.0789. The molecule has 0 unspecified atom stereocenters. The summed E-state index contributed by atoms with van der Waals surface area (Å²) < 4.78 is 11.6. The molecule has 1 heterocycles. The zero-order valence-corrected chi connectivity index (χ0v) is 13.3. The second kappa shape index (κ2) is 7.38. The van der Waals surface area contributed by atoms with Gasteiger partial charge in [0.05, 0.1) is 30.4 Å². The molecule has 6 heteroatoms. The minimum Gasteiger partial charge on any atom is -0.497 e. The highest BCUT2D eigenvalue weighted by Gasteiger charge is 2.08. The number of methoxy groups -OCH3 is 1. The Kier molecular flexibility index (Phi) is 5.52. The van der Waals surface area contributed by atoms with Crippen molar-refractivity contribution in [2.24, 2.45) is 5.92 Å². The average Bonchev–Trinajstić information content (AvgIpc) is 2.84. The van der Waals surface area contributed by atoms with Gasteiger partial charge in [0.25, 0.3) is 0 Å². The number of ether oxygens (including phenoxy) is 2. The summed E-state index contributed by atoms with van der Waals surface area (Å²) in [6, 6.07) is 5.65. The van der Waals surface area contributed by atoms with Crippen molar-refractivity contribution in [3.05, 3.63) is 18.2 Å². The summed E-state index contributed by atoms with van der Waals surface area (Å²) in [5.74, 6) is 1.18. The lowest BCUT2D eigenvalue weighted by molar-refractivity contribution is -0.117. The van der Waals surface area contributed by atoms with E-state index in [-0.39, 0.29) is 5.91 Å². The van der Waals surface area contributed by atoms with Crippen LogP contribution in [-0.4, -0.2) is 31.2 Å². The number of carbonyl (C=O) groups excluding carboxylic acids is 1. The summed E-state index contributed by atoms with van der Waals surface area (Å²) in [5.41, 5.74) is 0.854. The third kappa shape index (κ3) is 4.68. The van der Waals surface area contributed by atoms with Gasteiger partial charge in [0.15, 0.2) is 5.13 Å². The molecule has 2 rings (SSSR count). The van der Waals surface area contributed by atoms with Gasteiger partial charge in [-0.3, -0.25) is 4.79 Å². The highest BCUT2D eigenvalue weighted by molar-refractivity contribution is 7.22. The summed E-state index contributed by atoms with van der Waals surface area (Å²) in [5, 5.41) is 3.41. The number of hydrogen-bond acceptors (Lipinski definition) is 5. The lowest BCUT2D eigenvalue weighted by Crippen LogP contribution is -2.15. The van der Waals surface area contributed by atoms with Crippen molar-refractivity contribution in [2.75, 3.05) is 25.6 Å². The molecule has 0 aliphatic rings. The highest BCUT2D eigenvalue weighted by Crippen LogP contribution is 2.29. The third-order valence-electron chi connectivity index (χ3n) is 2.77. The maximum atomic E-state index is 11.8. The van der Waals surface area contributed by atoms with Crippen LogP contribution in [0, 0.1) is 5.92 Å². The van der Waals surface area contributed by atoms with Crippen molar-refractivity contribution in [1.29, 1.82) is 0 Å². The van der Waals surface area contributed by atoms with E-state index in [1.807, 2.05) is 18.2 Å². The molecule has 2 aromatic rings. The maximum absolute atomic E-state index is 11.8. The first-order chi connectivity index (χ1) is 10.1. The molecule has 21 heavy (non-hydrogen) atoms. The first-order valence-corrected chi connectivity index (χ1v) is 7.72. The van der Waals surface area contributed by atoms with E-state index in [2.05, 4.69) is 24.1 Å². The van der Waals surface area contributed by atoms with E-state index in [4.69, 9.17) is 9.47 Å². The van der Waals surface area contributed by atoms with Crippen LogP contribution in [0.1, 0.15) is 20.3 Å². The number of fused-ring (bicyclic) bond motifs is 1. The molecule has 0 bridgehead atoms. The quantitative estimate of drug-likeness (QED) is 0.797. The van der Waals surface area contributed by atoms with Gasteiger partial charge in [-0.1, -0.05) is 25.2 Å². The second-order valence-electron chi connectivity index (χ2n) is 5.12. The van der Waals surface area contributed by atoms with E-state index in [1.54, 1.807) is 7.11 Å². The molecule has 0 spiro atoms. The normalized spacial score (nSPS) is 11.0. The van der Waals surface area contributed by atoms with Crippen LogP contribution in [-0.2, 0) is 9.53 Å². The molecule has 0 atom stereocenters. The molecule has 0 fully saturated rings. The Bertz CT molecular complexity index is 610. The van der Waals surface area contributed by atoms with E-state index in [0.29, 0.717) is 30.7 Å². The zero-order chi connectivity index (χ0) is 15.2. The molecule has 0 saturated heterocycles. The fourth-order valence-corrected chi connectivity index (χ4v) is 2.66. The van der Waals surface area contributed by atoms with Gasteiger partial charge in [0, 0.05) is 6.61 Å². The van der Waals surface area contributed by atoms with Gasteiger partial charge in [0.2, 0.25) is 5.91 Å². The number of carbonyl (C=O) groups is 1. The maximum Gasteiger partial charge on any atom is 0.228 e. The van der Waals surface area contributed by atoms with E-state index < -0.39 is 0 Å². The summed E-state index contributed by atoms with van der Waals surface area (Å²) in [6.45, 7) is 5.27. The third-order valence-corrected chi connectivity index (χ3v) is 3.70. The number of hydrogen-bond donors (Lipinski definition) is 1. The van der Waals surface area contributed by atoms with Gasteiger partial charge < -0.3 is 14.8 Å². The lowest BCUT2D eigenvalue weighted by atomic mass is 10.2. The van der Waals surface area contributed by atoms with E-state index >= 15 is 0 Å². The molecular weight excluding hydrogens is 288 g/mol. The number of anilines is 1. The summed E-state index contributed by atoms with van der Waals surface area (Å²) in [7, 11) is 1.63. The minimum atomic E-state index is -0.0789. The van der Waals surface area contributed by atoms with Crippen LogP contribution >= 0.6 is 11.3 Å². The fraction of sp³-hybridized carbons (Fsp3) is 0.467. The molecule has 114 valence electrons. The van der Waals surface area contributed by atoms with Crippen molar-refractivity contribution in [3.8, 4) is 5.75 Å². The van der Waals surface area contributed by atoms with Gasteiger partial charge in [-0.2, -0.15) is 0 Å². The highest BCUT2D eigenvalue weighted by atomic mass is 32.1.